The molecule has 2 aromatic carbocycles. The van der Waals surface area contributed by atoms with Crippen molar-refractivity contribution in [3.8, 4) is 23.0 Å². The summed E-state index contributed by atoms with van der Waals surface area (Å²) in [4.78, 5) is 26.4. The van der Waals surface area contributed by atoms with Crippen molar-refractivity contribution in [3.63, 3.8) is 0 Å². The maximum Gasteiger partial charge on any atom is 0.254 e. The quantitative estimate of drug-likeness (QED) is 0.440. The molecule has 0 N–H and O–H groups in total. The fraction of sp³-hybridized carbons (Fsp3) is 0.517. The molecule has 1 saturated carbocycles. The first-order valence-electron chi connectivity index (χ1n) is 13.0. The molecule has 0 spiro atoms. The molecule has 8 nitrogen and oxygen atoms in total. The minimum absolute atomic E-state index is 0.0698. The smallest absolute Gasteiger partial charge is 0.254 e. The number of ether oxygens (including phenoxy) is 5. The predicted octanol–water partition coefficient (Wildman–Crippen LogP) is 4.47. The molecular weight excluding hydrogens is 474 g/mol. The number of morpholine rings is 1. The van der Waals surface area contributed by atoms with E-state index in [-0.39, 0.29) is 30.5 Å². The molecule has 0 aromatic heterocycles. The van der Waals surface area contributed by atoms with Gasteiger partial charge in [-0.05, 0) is 74.9 Å². The second kappa shape index (κ2) is 12.8. The zero-order valence-electron chi connectivity index (χ0n) is 22.0. The van der Waals surface area contributed by atoms with Crippen LogP contribution in [0.1, 0.15) is 54.9 Å². The van der Waals surface area contributed by atoms with Crippen LogP contribution in [0.2, 0.25) is 0 Å². The largest absolute Gasteiger partial charge is 0.493 e. The lowest BCUT2D eigenvalue weighted by molar-refractivity contribution is -0.116. The van der Waals surface area contributed by atoms with Gasteiger partial charge in [-0.2, -0.15) is 0 Å². The van der Waals surface area contributed by atoms with Crippen LogP contribution >= 0.6 is 0 Å². The Labute approximate surface area is 218 Å². The Bertz CT molecular complexity index is 1080. The van der Waals surface area contributed by atoms with E-state index in [9.17, 15) is 9.59 Å². The Morgan fingerprint density at radius 3 is 2.46 bits per heavy atom. The third-order valence-electron chi connectivity index (χ3n) is 6.85. The molecule has 0 bridgehead atoms. The molecule has 1 atom stereocenters. The average Bonchev–Trinajstić information content (AvgIpc) is 3.43. The molecule has 8 heteroatoms. The van der Waals surface area contributed by atoms with Crippen LogP contribution in [0.15, 0.2) is 36.4 Å². The molecule has 1 aliphatic heterocycles. The van der Waals surface area contributed by atoms with Crippen molar-refractivity contribution >= 4 is 11.7 Å². The van der Waals surface area contributed by atoms with Crippen LogP contribution in [0.5, 0.6) is 23.0 Å². The number of aryl methyl sites for hydroxylation is 1. The molecule has 2 aromatic rings. The first-order chi connectivity index (χ1) is 18.0. The Morgan fingerprint density at radius 1 is 0.973 bits per heavy atom. The van der Waals surface area contributed by atoms with Gasteiger partial charge in [-0.3, -0.25) is 4.79 Å². The fourth-order valence-corrected chi connectivity index (χ4v) is 4.76. The number of ketones is 1. The summed E-state index contributed by atoms with van der Waals surface area (Å²) >= 11 is 0. The number of benzene rings is 2. The van der Waals surface area contributed by atoms with E-state index >= 15 is 0 Å². The van der Waals surface area contributed by atoms with E-state index in [1.807, 2.05) is 18.2 Å². The van der Waals surface area contributed by atoms with Crippen molar-refractivity contribution in [2.45, 2.75) is 57.7 Å². The number of nitrogens with zero attached hydrogens (tertiary/aromatic N) is 1. The van der Waals surface area contributed by atoms with Gasteiger partial charge in [0.1, 0.15) is 18.5 Å². The number of carbonyl (C=O) groups is 2. The van der Waals surface area contributed by atoms with Crippen LogP contribution in [-0.2, 0) is 16.0 Å². The number of carbonyl (C=O) groups excluding carboxylic acids is 2. The summed E-state index contributed by atoms with van der Waals surface area (Å²) in [6.07, 6.45) is 5.43. The van der Waals surface area contributed by atoms with Gasteiger partial charge in [-0.25, -0.2) is 0 Å². The average molecular weight is 512 g/mol. The highest BCUT2D eigenvalue weighted by atomic mass is 16.5. The minimum Gasteiger partial charge on any atom is -0.493 e. The number of rotatable bonds is 11. The first-order valence-corrected chi connectivity index (χ1v) is 13.0. The number of amides is 1. The van der Waals surface area contributed by atoms with Gasteiger partial charge in [-0.1, -0.05) is 6.07 Å². The van der Waals surface area contributed by atoms with Crippen molar-refractivity contribution in [2.75, 3.05) is 40.5 Å². The van der Waals surface area contributed by atoms with Crippen LogP contribution < -0.4 is 18.9 Å². The summed E-state index contributed by atoms with van der Waals surface area (Å²) in [6.45, 7) is 3.23. The zero-order chi connectivity index (χ0) is 26.2. The monoisotopic (exact) mass is 511 g/mol. The highest BCUT2D eigenvalue weighted by molar-refractivity contribution is 5.95. The molecule has 1 heterocycles. The number of methoxy groups -OCH3 is 2. The maximum atomic E-state index is 13.3. The van der Waals surface area contributed by atoms with E-state index in [0.29, 0.717) is 61.1 Å². The number of hydrogen-bond acceptors (Lipinski definition) is 7. The Kier molecular flexibility index (Phi) is 9.28. The molecular formula is C29H37NO7. The molecule has 1 saturated heterocycles. The van der Waals surface area contributed by atoms with Crippen molar-refractivity contribution in [3.05, 3.63) is 47.5 Å². The van der Waals surface area contributed by atoms with Gasteiger partial charge in [0, 0.05) is 18.5 Å². The molecule has 37 heavy (non-hydrogen) atoms. The van der Waals surface area contributed by atoms with Gasteiger partial charge in [0.25, 0.3) is 5.91 Å². The van der Waals surface area contributed by atoms with Gasteiger partial charge in [0.15, 0.2) is 23.0 Å². The van der Waals surface area contributed by atoms with E-state index in [4.69, 9.17) is 23.7 Å². The summed E-state index contributed by atoms with van der Waals surface area (Å²) in [5.74, 6) is 2.55. The zero-order valence-corrected chi connectivity index (χ0v) is 22.0. The van der Waals surface area contributed by atoms with Gasteiger partial charge >= 0.3 is 0 Å². The van der Waals surface area contributed by atoms with Crippen molar-refractivity contribution in [2.24, 2.45) is 0 Å². The SMILES string of the molecule is COc1cc(CCC(C)=O)ccc1OCC1CN(C(=O)c2ccc(OC)c(OC3CCCC3)c2)CCO1. The second-order valence-electron chi connectivity index (χ2n) is 9.63. The van der Waals surface area contributed by atoms with Crippen LogP contribution in [0.25, 0.3) is 0 Å². The van der Waals surface area contributed by atoms with Gasteiger partial charge in [0.05, 0.1) is 33.5 Å². The predicted molar refractivity (Wildman–Crippen MR) is 139 cm³/mol. The van der Waals surface area contributed by atoms with Crippen LogP contribution in [-0.4, -0.2) is 69.3 Å². The Morgan fingerprint density at radius 2 is 1.73 bits per heavy atom. The highest BCUT2D eigenvalue weighted by Crippen LogP contribution is 2.33. The van der Waals surface area contributed by atoms with Crippen molar-refractivity contribution < 1.29 is 33.3 Å². The molecule has 0 radical (unpaired) electrons. The number of hydrogen-bond donors (Lipinski definition) is 0. The fourth-order valence-electron chi connectivity index (χ4n) is 4.76. The van der Waals surface area contributed by atoms with Crippen LogP contribution in [0.3, 0.4) is 0 Å². The third-order valence-corrected chi connectivity index (χ3v) is 6.85. The van der Waals surface area contributed by atoms with Crippen LogP contribution in [0, 0.1) is 0 Å². The topological polar surface area (TPSA) is 83.5 Å². The van der Waals surface area contributed by atoms with E-state index in [2.05, 4.69) is 0 Å². The molecule has 2 fully saturated rings. The third kappa shape index (κ3) is 7.16. The van der Waals surface area contributed by atoms with E-state index in [1.165, 1.54) is 12.8 Å². The molecule has 1 amide bonds. The maximum absolute atomic E-state index is 13.3. The Hall–Kier alpha value is -3.26. The summed E-state index contributed by atoms with van der Waals surface area (Å²) in [6, 6.07) is 11.0. The normalized spacial score (nSPS) is 17.9. The van der Waals surface area contributed by atoms with Crippen molar-refractivity contribution in [1.29, 1.82) is 0 Å². The summed E-state index contributed by atoms with van der Waals surface area (Å²) in [5, 5.41) is 0. The number of Topliss-reactive ketones (excluding diaryl/α,β-unsaturated/α-hetero) is 1. The lowest BCUT2D eigenvalue weighted by Gasteiger charge is -2.33. The summed E-state index contributed by atoms with van der Waals surface area (Å²) < 4.78 is 29.0. The van der Waals surface area contributed by atoms with Gasteiger partial charge in [0.2, 0.25) is 0 Å². The molecule has 2 aliphatic rings. The lowest BCUT2D eigenvalue weighted by atomic mass is 10.1. The first kappa shape index (κ1) is 26.8. The standard InChI is InChI=1S/C29H37NO7/c1-20(31)8-9-21-10-12-26(27(16-21)34-3)36-19-24-18-30(14-15-35-24)29(32)22-11-13-25(33-2)28(17-22)37-23-6-4-5-7-23/h10-13,16-17,23-24H,4-9,14-15,18-19H2,1-3H3. The molecule has 4 rings (SSSR count). The van der Waals surface area contributed by atoms with E-state index in [1.54, 1.807) is 44.2 Å². The van der Waals surface area contributed by atoms with E-state index < -0.39 is 0 Å². The van der Waals surface area contributed by atoms with Crippen LogP contribution in [0.4, 0.5) is 0 Å². The molecule has 200 valence electrons. The lowest BCUT2D eigenvalue weighted by Crippen LogP contribution is -2.47. The van der Waals surface area contributed by atoms with Crippen molar-refractivity contribution in [1.82, 2.24) is 4.90 Å². The van der Waals surface area contributed by atoms with E-state index in [0.717, 1.165) is 18.4 Å². The minimum atomic E-state index is -0.271. The van der Waals surface area contributed by atoms with Gasteiger partial charge < -0.3 is 33.4 Å². The van der Waals surface area contributed by atoms with Gasteiger partial charge in [-0.15, -0.1) is 0 Å². The molecule has 1 aliphatic carbocycles. The summed E-state index contributed by atoms with van der Waals surface area (Å²) in [7, 11) is 3.20. The Balaban J connectivity index is 1.37. The highest BCUT2D eigenvalue weighted by Gasteiger charge is 2.27. The second-order valence-corrected chi connectivity index (χ2v) is 9.63. The summed E-state index contributed by atoms with van der Waals surface area (Å²) in [5.41, 5.74) is 1.58. The molecule has 1 unspecified atom stereocenters.